The Labute approximate surface area is 64.9 Å². The molecule has 0 heterocycles. The lowest BCUT2D eigenvalue weighted by Gasteiger charge is -2.02. The summed E-state index contributed by atoms with van der Waals surface area (Å²) in [4.78, 5) is 0. The Morgan fingerprint density at radius 3 is 2.70 bits per heavy atom. The SMILES string of the molecule is Oc1ccccc1OCS. The van der Waals surface area contributed by atoms with E-state index >= 15 is 0 Å². The van der Waals surface area contributed by atoms with Crippen LogP contribution in [0.2, 0.25) is 0 Å². The van der Waals surface area contributed by atoms with Gasteiger partial charge in [0.1, 0.15) is 5.94 Å². The van der Waals surface area contributed by atoms with Crippen molar-refractivity contribution < 1.29 is 9.84 Å². The number of phenols is 1. The van der Waals surface area contributed by atoms with Crippen molar-refractivity contribution in [3.05, 3.63) is 24.3 Å². The third-order valence-corrected chi connectivity index (χ3v) is 1.21. The van der Waals surface area contributed by atoms with Crippen LogP contribution in [0.4, 0.5) is 0 Å². The molecule has 1 N–H and O–H groups in total. The molecule has 2 nitrogen and oxygen atoms in total. The number of phenolic OH excluding ortho intramolecular Hbond substituents is 1. The predicted molar refractivity (Wildman–Crippen MR) is 42.6 cm³/mol. The van der Waals surface area contributed by atoms with Crippen LogP contribution < -0.4 is 4.74 Å². The van der Waals surface area contributed by atoms with E-state index in [9.17, 15) is 0 Å². The molecule has 0 aliphatic rings. The molecule has 3 heteroatoms. The largest absolute Gasteiger partial charge is 0.504 e. The molecule has 0 amide bonds. The van der Waals surface area contributed by atoms with Crippen LogP contribution in [0.25, 0.3) is 0 Å². The molecule has 1 rings (SSSR count). The number of aromatic hydroxyl groups is 1. The van der Waals surface area contributed by atoms with E-state index in [2.05, 4.69) is 12.6 Å². The number of ether oxygens (including phenoxy) is 1. The summed E-state index contributed by atoms with van der Waals surface area (Å²) < 4.78 is 4.95. The molecule has 0 bridgehead atoms. The Hall–Kier alpha value is -0.830. The minimum absolute atomic E-state index is 0.150. The summed E-state index contributed by atoms with van der Waals surface area (Å²) in [5.74, 6) is 0.895. The van der Waals surface area contributed by atoms with Crippen molar-refractivity contribution in [2.24, 2.45) is 0 Å². The summed E-state index contributed by atoms with van der Waals surface area (Å²) in [6.45, 7) is 0. The first-order valence-electron chi connectivity index (χ1n) is 2.86. The third-order valence-electron chi connectivity index (χ3n) is 1.09. The van der Waals surface area contributed by atoms with E-state index < -0.39 is 0 Å². The molecule has 0 unspecified atom stereocenters. The van der Waals surface area contributed by atoms with Crippen molar-refractivity contribution in [1.82, 2.24) is 0 Å². The van der Waals surface area contributed by atoms with Crippen molar-refractivity contribution in [3.63, 3.8) is 0 Å². The van der Waals surface area contributed by atoms with E-state index in [1.165, 1.54) is 0 Å². The summed E-state index contributed by atoms with van der Waals surface area (Å²) in [6, 6.07) is 6.78. The van der Waals surface area contributed by atoms with Gasteiger partial charge in [-0.05, 0) is 12.1 Å². The smallest absolute Gasteiger partial charge is 0.162 e. The Balaban J connectivity index is 2.81. The lowest BCUT2D eigenvalue weighted by molar-refractivity contribution is 0.360. The standard InChI is InChI=1S/C7H8O2S/c8-6-3-1-2-4-7(6)9-5-10/h1-4,8,10H,5H2. The van der Waals surface area contributed by atoms with Gasteiger partial charge >= 0.3 is 0 Å². The molecule has 0 saturated carbocycles. The summed E-state index contributed by atoms with van der Waals surface area (Å²) in [5, 5.41) is 9.08. The maximum atomic E-state index is 9.08. The van der Waals surface area contributed by atoms with Crippen molar-refractivity contribution in [2.75, 3.05) is 5.94 Å². The van der Waals surface area contributed by atoms with Crippen LogP contribution in [0.1, 0.15) is 0 Å². The van der Waals surface area contributed by atoms with Gasteiger partial charge in [0.25, 0.3) is 0 Å². The van der Waals surface area contributed by atoms with Gasteiger partial charge in [-0.25, -0.2) is 0 Å². The third kappa shape index (κ3) is 1.57. The molecule has 1 aromatic carbocycles. The van der Waals surface area contributed by atoms with Gasteiger partial charge in [0.2, 0.25) is 0 Å². The molecule has 10 heavy (non-hydrogen) atoms. The fourth-order valence-corrected chi connectivity index (χ4v) is 0.788. The van der Waals surface area contributed by atoms with Crippen molar-refractivity contribution in [2.45, 2.75) is 0 Å². The van der Waals surface area contributed by atoms with Crippen LogP contribution in [0, 0.1) is 0 Å². The molecule has 0 saturated heterocycles. The van der Waals surface area contributed by atoms with Crippen molar-refractivity contribution >= 4 is 12.6 Å². The molecule has 0 aliphatic carbocycles. The molecule has 0 spiro atoms. The molecule has 0 aliphatic heterocycles. The maximum absolute atomic E-state index is 9.08. The first-order valence-corrected chi connectivity index (χ1v) is 3.49. The highest BCUT2D eigenvalue weighted by atomic mass is 32.1. The quantitative estimate of drug-likeness (QED) is 0.503. The van der Waals surface area contributed by atoms with Gasteiger partial charge in [-0.3, -0.25) is 0 Å². The molecule has 0 fully saturated rings. The number of para-hydroxylation sites is 2. The minimum atomic E-state index is 0.150. The van der Waals surface area contributed by atoms with Gasteiger partial charge in [-0.15, -0.1) is 12.6 Å². The predicted octanol–water partition coefficient (Wildman–Crippen LogP) is 1.66. The van der Waals surface area contributed by atoms with E-state index in [4.69, 9.17) is 9.84 Å². The number of benzene rings is 1. The fraction of sp³-hybridized carbons (Fsp3) is 0.143. The highest BCUT2D eigenvalue weighted by molar-refractivity contribution is 7.80. The van der Waals surface area contributed by atoms with E-state index in [0.717, 1.165) is 0 Å². The maximum Gasteiger partial charge on any atom is 0.162 e. The number of hydrogen-bond acceptors (Lipinski definition) is 3. The van der Waals surface area contributed by atoms with Crippen LogP contribution in [0.5, 0.6) is 11.5 Å². The monoisotopic (exact) mass is 156 g/mol. The van der Waals surface area contributed by atoms with Crippen molar-refractivity contribution in [1.29, 1.82) is 0 Å². The number of rotatable bonds is 2. The molecule has 0 aromatic heterocycles. The Kier molecular flexibility index (Phi) is 2.45. The molecule has 1 aromatic rings. The van der Waals surface area contributed by atoms with Crippen LogP contribution in [0.15, 0.2) is 24.3 Å². The average Bonchev–Trinajstić information content (AvgIpc) is 1.94. The van der Waals surface area contributed by atoms with Gasteiger partial charge in [-0.1, -0.05) is 12.1 Å². The van der Waals surface area contributed by atoms with E-state index in [0.29, 0.717) is 5.75 Å². The van der Waals surface area contributed by atoms with Crippen LogP contribution >= 0.6 is 12.6 Å². The van der Waals surface area contributed by atoms with Gasteiger partial charge in [-0.2, -0.15) is 0 Å². The lowest BCUT2D eigenvalue weighted by atomic mass is 10.3. The van der Waals surface area contributed by atoms with Crippen LogP contribution in [-0.2, 0) is 0 Å². The summed E-state index contributed by atoms with van der Waals surface area (Å²) >= 11 is 3.85. The second kappa shape index (κ2) is 3.37. The molecular formula is C7H8O2S. The van der Waals surface area contributed by atoms with E-state index in [1.807, 2.05) is 0 Å². The topological polar surface area (TPSA) is 29.5 Å². The zero-order valence-electron chi connectivity index (χ0n) is 5.32. The average molecular weight is 156 g/mol. The van der Waals surface area contributed by atoms with Crippen LogP contribution in [0.3, 0.4) is 0 Å². The first kappa shape index (κ1) is 7.28. The first-order chi connectivity index (χ1) is 4.84. The molecule has 0 atom stereocenters. The summed E-state index contributed by atoms with van der Waals surface area (Å²) in [7, 11) is 0. The van der Waals surface area contributed by atoms with E-state index in [1.54, 1.807) is 24.3 Å². The van der Waals surface area contributed by atoms with Gasteiger partial charge in [0.05, 0.1) is 0 Å². The molecule has 54 valence electrons. The van der Waals surface area contributed by atoms with E-state index in [-0.39, 0.29) is 11.7 Å². The zero-order valence-corrected chi connectivity index (χ0v) is 6.21. The second-order valence-electron chi connectivity index (χ2n) is 1.74. The van der Waals surface area contributed by atoms with Crippen LogP contribution in [-0.4, -0.2) is 11.0 Å². The highest BCUT2D eigenvalue weighted by Gasteiger charge is 1.96. The van der Waals surface area contributed by atoms with Gasteiger partial charge in [0.15, 0.2) is 11.5 Å². The Morgan fingerprint density at radius 2 is 2.10 bits per heavy atom. The highest BCUT2D eigenvalue weighted by Crippen LogP contribution is 2.24. The number of thiol groups is 1. The van der Waals surface area contributed by atoms with Gasteiger partial charge < -0.3 is 9.84 Å². The summed E-state index contributed by atoms with van der Waals surface area (Å²) in [5.41, 5.74) is 0. The van der Waals surface area contributed by atoms with Gasteiger partial charge in [0, 0.05) is 0 Å². The second-order valence-corrected chi connectivity index (χ2v) is 2.00. The molecular weight excluding hydrogens is 148 g/mol. The normalized spacial score (nSPS) is 9.30. The zero-order chi connectivity index (χ0) is 7.40. The summed E-state index contributed by atoms with van der Waals surface area (Å²) in [6.07, 6.45) is 0. The van der Waals surface area contributed by atoms with Crippen molar-refractivity contribution in [3.8, 4) is 11.5 Å². The Bertz CT molecular complexity index is 213. The minimum Gasteiger partial charge on any atom is -0.504 e. The number of hydrogen-bond donors (Lipinski definition) is 2. The fourth-order valence-electron chi connectivity index (χ4n) is 0.649. The Morgan fingerprint density at radius 1 is 1.40 bits per heavy atom. The lowest BCUT2D eigenvalue weighted by Crippen LogP contribution is -1.88. The molecule has 0 radical (unpaired) electrons.